The van der Waals surface area contributed by atoms with Crippen molar-refractivity contribution in [3.05, 3.63) is 229 Å². The minimum atomic E-state index is 0.290. The molecule has 2 atom stereocenters. The van der Waals surface area contributed by atoms with Crippen LogP contribution in [0.1, 0.15) is 24.0 Å². The average molecular weight is 834 g/mol. The normalized spacial score (nSPS) is 16.5. The second-order valence-electron chi connectivity index (χ2n) is 15.8. The zero-order chi connectivity index (χ0) is 41.6. The molecule has 0 spiro atoms. The van der Waals surface area contributed by atoms with Gasteiger partial charge >= 0.3 is 0 Å². The van der Waals surface area contributed by atoms with Crippen LogP contribution in [0, 0.1) is 0 Å². The summed E-state index contributed by atoms with van der Waals surface area (Å²) in [6, 6.07) is 57.9. The van der Waals surface area contributed by atoms with E-state index in [4.69, 9.17) is 0 Å². The van der Waals surface area contributed by atoms with Crippen molar-refractivity contribution in [1.29, 1.82) is 0 Å². The number of thioether (sulfide) groups is 1. The Kier molecular flexibility index (Phi) is 9.97. The lowest BCUT2D eigenvalue weighted by Crippen LogP contribution is -2.17. The highest BCUT2D eigenvalue weighted by Gasteiger charge is 2.32. The van der Waals surface area contributed by atoms with Gasteiger partial charge in [-0.2, -0.15) is 0 Å². The lowest BCUT2D eigenvalue weighted by Gasteiger charge is -2.31. The van der Waals surface area contributed by atoms with Crippen LogP contribution in [0.4, 0.5) is 22.7 Å². The molecule has 3 nitrogen and oxygen atoms in total. The number of para-hydroxylation sites is 2. The van der Waals surface area contributed by atoms with Crippen molar-refractivity contribution >= 4 is 68.3 Å². The molecule has 3 heterocycles. The first-order valence-electron chi connectivity index (χ1n) is 21.3. The first-order valence-corrected chi connectivity index (χ1v) is 23.1. The number of hydrogen-bond acceptors (Lipinski definition) is 4. The smallest absolute Gasteiger partial charge is 0.0594 e. The predicted molar refractivity (Wildman–Crippen MR) is 267 cm³/mol. The number of fused-ring (bicyclic) bond motifs is 6. The van der Waals surface area contributed by atoms with Crippen molar-refractivity contribution in [1.82, 2.24) is 4.57 Å². The molecule has 3 aliphatic rings. The molecule has 5 heteroatoms. The van der Waals surface area contributed by atoms with E-state index in [1.165, 1.54) is 60.3 Å². The van der Waals surface area contributed by atoms with Gasteiger partial charge in [0.25, 0.3) is 0 Å². The molecule has 2 aliphatic heterocycles. The summed E-state index contributed by atoms with van der Waals surface area (Å²) < 4.78 is 4.96. The molecule has 11 rings (SSSR count). The van der Waals surface area contributed by atoms with Crippen molar-refractivity contribution in [2.24, 2.45) is 0 Å². The highest BCUT2D eigenvalue weighted by atomic mass is 32.2. The van der Waals surface area contributed by atoms with E-state index < -0.39 is 0 Å². The summed E-state index contributed by atoms with van der Waals surface area (Å²) in [6.07, 6.45) is 13.6. The van der Waals surface area contributed by atoms with Crippen LogP contribution in [-0.4, -0.2) is 15.6 Å². The Labute approximate surface area is 372 Å². The summed E-state index contributed by atoms with van der Waals surface area (Å²) >= 11 is 3.86. The summed E-state index contributed by atoms with van der Waals surface area (Å²) in [4.78, 5) is 3.64. The van der Waals surface area contributed by atoms with Crippen LogP contribution < -0.4 is 9.21 Å². The molecule has 8 aromatic rings. The Balaban J connectivity index is 1.09. The van der Waals surface area contributed by atoms with E-state index in [9.17, 15) is 0 Å². The third-order valence-corrected chi connectivity index (χ3v) is 14.7. The highest BCUT2D eigenvalue weighted by Crippen LogP contribution is 2.52. The van der Waals surface area contributed by atoms with Crippen LogP contribution in [-0.2, 0) is 6.42 Å². The van der Waals surface area contributed by atoms with Crippen LogP contribution >= 0.6 is 23.7 Å². The quantitative estimate of drug-likeness (QED) is 0.0815. The van der Waals surface area contributed by atoms with Crippen LogP contribution in [0.5, 0.6) is 0 Å². The fourth-order valence-corrected chi connectivity index (χ4v) is 12.1. The minimum absolute atomic E-state index is 0.290. The Bertz CT molecular complexity index is 3220. The Morgan fingerprint density at radius 1 is 0.710 bits per heavy atom. The standard InChI is InChI=1S/C57H43N3S2/c1-3-17-55-47(4-2)50-29-16-28-48(57(50)62-55)41-30-32-53-52(38-41)49-31-33-54-51(34-35-61-60(54)44-24-12-7-13-25-44)56(49)59(53)46-27-15-19-40(37-46)39-18-14-26-45(36-39)58(42-20-8-5-9-21-42)43-22-10-6-11-23-43/h3-5,7-10,12-33,36-38,47,55H,2,34-35H2,1H3/b17-3-. The molecule has 7 aromatic carbocycles. The first-order chi connectivity index (χ1) is 30.7. The molecule has 1 aromatic heterocycles. The topological polar surface area (TPSA) is 11.4 Å². The van der Waals surface area contributed by atoms with E-state index in [1.54, 1.807) is 0 Å². The molecule has 1 aliphatic carbocycles. The Morgan fingerprint density at radius 3 is 2.29 bits per heavy atom. The number of nitrogens with zero attached hydrogens (tertiary/aromatic N) is 3. The maximum absolute atomic E-state index is 4.25. The molecule has 0 saturated carbocycles. The van der Waals surface area contributed by atoms with E-state index in [2.05, 4.69) is 221 Å². The molecule has 0 fully saturated rings. The van der Waals surface area contributed by atoms with Gasteiger partial charge in [0.2, 0.25) is 0 Å². The van der Waals surface area contributed by atoms with Gasteiger partial charge in [-0.15, -0.1) is 18.3 Å². The van der Waals surface area contributed by atoms with Crippen molar-refractivity contribution in [3.63, 3.8) is 0 Å². The van der Waals surface area contributed by atoms with Gasteiger partial charge in [0.05, 0.1) is 28.1 Å². The van der Waals surface area contributed by atoms with E-state index >= 15 is 0 Å². The number of aryl methyl sites for hydroxylation is 1. The lowest BCUT2D eigenvalue weighted by atomic mass is 9.92. The monoisotopic (exact) mass is 833 g/mol. The van der Waals surface area contributed by atoms with Gasteiger partial charge in [0, 0.05) is 61.3 Å². The van der Waals surface area contributed by atoms with Gasteiger partial charge in [-0.05, 0) is 132 Å². The summed E-state index contributed by atoms with van der Waals surface area (Å²) in [5.41, 5.74) is 23.1. The van der Waals surface area contributed by atoms with Gasteiger partial charge in [-0.25, -0.2) is 0 Å². The zero-order valence-corrected chi connectivity index (χ0v) is 36.0. The fraction of sp³-hybridized carbons (Fsp3) is 0.0877. The molecule has 2 unspecified atom stereocenters. The zero-order valence-electron chi connectivity index (χ0n) is 34.4. The Morgan fingerprint density at radius 2 is 1.48 bits per heavy atom. The van der Waals surface area contributed by atoms with Crippen LogP contribution in [0.15, 0.2) is 223 Å². The second-order valence-corrected chi connectivity index (χ2v) is 18.0. The van der Waals surface area contributed by atoms with Gasteiger partial charge in [-0.3, -0.25) is 4.31 Å². The van der Waals surface area contributed by atoms with Crippen LogP contribution in [0.25, 0.3) is 49.7 Å². The van der Waals surface area contributed by atoms with Crippen molar-refractivity contribution < 1.29 is 0 Å². The molecule has 0 radical (unpaired) electrons. The number of anilines is 4. The van der Waals surface area contributed by atoms with Crippen LogP contribution in [0.2, 0.25) is 0 Å². The number of allylic oxidation sites excluding steroid dienone is 5. The third kappa shape index (κ3) is 6.59. The summed E-state index contributed by atoms with van der Waals surface area (Å²) in [7, 11) is 0. The minimum Gasteiger partial charge on any atom is -0.310 e. The van der Waals surface area contributed by atoms with Crippen LogP contribution in [0.3, 0.4) is 0 Å². The van der Waals surface area contributed by atoms with E-state index in [0.29, 0.717) is 11.2 Å². The van der Waals surface area contributed by atoms with Crippen molar-refractivity contribution in [3.8, 4) is 27.9 Å². The lowest BCUT2D eigenvalue weighted by molar-refractivity contribution is 0.893. The molecule has 0 N–H and O–H groups in total. The summed E-state index contributed by atoms with van der Waals surface area (Å²) in [5.74, 6) is 1.29. The first kappa shape index (κ1) is 38.1. The largest absolute Gasteiger partial charge is 0.310 e. The maximum atomic E-state index is 4.25. The van der Waals surface area contributed by atoms with Crippen molar-refractivity contribution in [2.75, 3.05) is 15.0 Å². The second kappa shape index (κ2) is 16.2. The number of rotatable bonds is 9. The molecule has 0 saturated heterocycles. The SMILES string of the molecule is C=CC1c2cccc(-c3ccc4c(c3)c3ccc5c(c3n4-c3cccc(-c4cccc(N(C6=CC=C=C=C6)c6ccccc6)c4)c3)CCSN5c3ccccc3)c2SC1/C=C\C. The molecule has 0 amide bonds. The number of benzene rings is 7. The fourth-order valence-electron chi connectivity index (χ4n) is 9.45. The van der Waals surface area contributed by atoms with E-state index in [0.717, 1.165) is 46.1 Å². The van der Waals surface area contributed by atoms with E-state index in [1.807, 2.05) is 35.9 Å². The predicted octanol–water partition coefficient (Wildman–Crippen LogP) is 15.7. The van der Waals surface area contributed by atoms with Gasteiger partial charge in [-0.1, -0.05) is 121 Å². The van der Waals surface area contributed by atoms with Gasteiger partial charge < -0.3 is 9.47 Å². The average Bonchev–Trinajstić information content (AvgIpc) is 3.87. The highest BCUT2D eigenvalue weighted by molar-refractivity contribution is 8.01. The number of hydrogen-bond donors (Lipinski definition) is 0. The van der Waals surface area contributed by atoms with Gasteiger partial charge in [0.1, 0.15) is 0 Å². The maximum Gasteiger partial charge on any atom is 0.0594 e. The number of aromatic nitrogens is 1. The van der Waals surface area contributed by atoms with E-state index in [-0.39, 0.29) is 0 Å². The molecular weight excluding hydrogens is 791 g/mol. The summed E-state index contributed by atoms with van der Waals surface area (Å²) in [5, 5.41) is 2.89. The molecule has 298 valence electrons. The van der Waals surface area contributed by atoms with Crippen molar-refractivity contribution in [2.45, 2.75) is 29.4 Å². The summed E-state index contributed by atoms with van der Waals surface area (Å²) in [6.45, 7) is 6.36. The van der Waals surface area contributed by atoms with Gasteiger partial charge in [0.15, 0.2) is 0 Å². The Hall–Kier alpha value is -6.84. The molecular formula is C57H43N3S2. The molecule has 62 heavy (non-hydrogen) atoms. The molecule has 0 bridgehead atoms. The third-order valence-electron chi connectivity index (χ3n) is 12.2.